The first kappa shape index (κ1) is 10.5. The molecular weight excluding hydrogens is 226 g/mol. The molecule has 0 amide bonds. The third-order valence-electron chi connectivity index (χ3n) is 1.83. The van der Waals surface area contributed by atoms with E-state index in [1.54, 1.807) is 0 Å². The van der Waals surface area contributed by atoms with Crippen LogP contribution in [0.4, 0.5) is 0 Å². The fraction of sp³-hybridized carbons (Fsp3) is 0.273. The van der Waals surface area contributed by atoms with Gasteiger partial charge in [0.15, 0.2) is 0 Å². The number of hydrogen-bond acceptors (Lipinski definition) is 1. The lowest BCUT2D eigenvalue weighted by Crippen LogP contribution is -2.05. The molecule has 0 radical (unpaired) electrons. The summed E-state index contributed by atoms with van der Waals surface area (Å²) in [5.74, 6) is 0. The topological polar surface area (TPSA) is 12.0 Å². The summed E-state index contributed by atoms with van der Waals surface area (Å²) in [7, 11) is 1.95. The Morgan fingerprint density at radius 2 is 2.15 bits per heavy atom. The number of rotatable bonds is 3. The van der Waals surface area contributed by atoms with Crippen molar-refractivity contribution in [2.75, 3.05) is 7.05 Å². The van der Waals surface area contributed by atoms with E-state index in [4.69, 9.17) is 0 Å². The molecule has 1 aromatic carbocycles. The molecule has 1 N–H and O–H groups in total. The fourth-order valence-corrected chi connectivity index (χ4v) is 1.74. The zero-order valence-corrected chi connectivity index (χ0v) is 9.61. The van der Waals surface area contributed by atoms with Gasteiger partial charge in [0.05, 0.1) is 0 Å². The summed E-state index contributed by atoms with van der Waals surface area (Å²) in [6.07, 6.45) is 0. The minimum absolute atomic E-state index is 0.889. The Morgan fingerprint density at radius 3 is 2.69 bits per heavy atom. The van der Waals surface area contributed by atoms with Crippen molar-refractivity contribution in [3.05, 3.63) is 40.4 Å². The van der Waals surface area contributed by atoms with Crippen LogP contribution < -0.4 is 5.32 Å². The highest BCUT2D eigenvalue weighted by atomic mass is 79.9. The number of nitrogens with one attached hydrogen (secondary N) is 1. The largest absolute Gasteiger partial charge is 0.316 e. The van der Waals surface area contributed by atoms with Crippen molar-refractivity contribution in [2.45, 2.75) is 13.5 Å². The van der Waals surface area contributed by atoms with Crippen molar-refractivity contribution >= 4 is 21.5 Å². The monoisotopic (exact) mass is 239 g/mol. The molecule has 0 saturated carbocycles. The third kappa shape index (κ3) is 2.98. The van der Waals surface area contributed by atoms with Crippen molar-refractivity contribution in [1.29, 1.82) is 0 Å². The van der Waals surface area contributed by atoms with Crippen molar-refractivity contribution in [1.82, 2.24) is 5.32 Å². The second-order valence-electron chi connectivity index (χ2n) is 3.16. The van der Waals surface area contributed by atoms with Gasteiger partial charge in [0, 0.05) is 11.0 Å². The molecule has 0 unspecified atom stereocenters. The van der Waals surface area contributed by atoms with Crippen molar-refractivity contribution in [3.63, 3.8) is 0 Å². The molecule has 1 aromatic rings. The summed E-state index contributed by atoms with van der Waals surface area (Å²) in [4.78, 5) is 0. The van der Waals surface area contributed by atoms with Crippen molar-refractivity contribution in [3.8, 4) is 0 Å². The zero-order valence-electron chi connectivity index (χ0n) is 8.02. The molecule has 0 aliphatic rings. The molecule has 0 heterocycles. The summed E-state index contributed by atoms with van der Waals surface area (Å²) in [6.45, 7) is 6.83. The van der Waals surface area contributed by atoms with Crippen molar-refractivity contribution < 1.29 is 0 Å². The normalized spacial score (nSPS) is 10.1. The van der Waals surface area contributed by atoms with Crippen LogP contribution in [0.25, 0.3) is 5.57 Å². The molecule has 2 heteroatoms. The van der Waals surface area contributed by atoms with E-state index in [0.29, 0.717) is 0 Å². The molecule has 70 valence electrons. The predicted molar refractivity (Wildman–Crippen MR) is 61.6 cm³/mol. The molecule has 0 spiro atoms. The van der Waals surface area contributed by atoms with E-state index in [2.05, 4.69) is 46.0 Å². The highest BCUT2D eigenvalue weighted by Gasteiger charge is 1.99. The van der Waals surface area contributed by atoms with Crippen LogP contribution in [0.3, 0.4) is 0 Å². The lowest BCUT2D eigenvalue weighted by Gasteiger charge is -2.05. The molecule has 0 fully saturated rings. The Hall–Kier alpha value is -0.600. The van der Waals surface area contributed by atoms with Gasteiger partial charge in [-0.05, 0) is 37.2 Å². The number of benzene rings is 1. The smallest absolute Gasteiger partial charge is 0.0203 e. The molecule has 0 aliphatic carbocycles. The Balaban J connectivity index is 3.03. The van der Waals surface area contributed by atoms with Gasteiger partial charge in [-0.3, -0.25) is 0 Å². The summed E-state index contributed by atoms with van der Waals surface area (Å²) in [5.41, 5.74) is 3.56. The van der Waals surface area contributed by atoms with Gasteiger partial charge in [-0.15, -0.1) is 0 Å². The van der Waals surface area contributed by atoms with Crippen LogP contribution in [0.2, 0.25) is 0 Å². The molecule has 0 bridgehead atoms. The summed E-state index contributed by atoms with van der Waals surface area (Å²) >= 11 is 3.48. The van der Waals surface area contributed by atoms with Gasteiger partial charge >= 0.3 is 0 Å². The minimum atomic E-state index is 0.889. The molecule has 0 saturated heterocycles. The first-order valence-corrected chi connectivity index (χ1v) is 5.02. The Bertz CT molecular complexity index is 318. The average Bonchev–Trinajstić information content (AvgIpc) is 2.03. The van der Waals surface area contributed by atoms with Gasteiger partial charge in [0.1, 0.15) is 0 Å². The van der Waals surface area contributed by atoms with Crippen LogP contribution in [0.1, 0.15) is 18.1 Å². The third-order valence-corrected chi connectivity index (χ3v) is 2.29. The van der Waals surface area contributed by atoms with E-state index in [0.717, 1.165) is 16.6 Å². The van der Waals surface area contributed by atoms with E-state index in [1.807, 2.05) is 14.0 Å². The molecule has 0 aromatic heterocycles. The second kappa shape index (κ2) is 4.58. The average molecular weight is 240 g/mol. The number of allylic oxidation sites excluding steroid dienone is 1. The maximum absolute atomic E-state index is 3.93. The quantitative estimate of drug-likeness (QED) is 0.855. The van der Waals surface area contributed by atoms with Gasteiger partial charge in [0.2, 0.25) is 0 Å². The molecule has 1 rings (SSSR count). The second-order valence-corrected chi connectivity index (χ2v) is 4.07. The van der Waals surface area contributed by atoms with E-state index >= 15 is 0 Å². The van der Waals surface area contributed by atoms with E-state index < -0.39 is 0 Å². The number of halogens is 1. The Morgan fingerprint density at radius 1 is 1.46 bits per heavy atom. The maximum atomic E-state index is 3.93. The SMILES string of the molecule is C=C(C)c1cc(Br)cc(CNC)c1. The van der Waals surface area contributed by atoms with Gasteiger partial charge in [-0.1, -0.05) is 34.1 Å². The van der Waals surface area contributed by atoms with Crippen LogP contribution in [0.5, 0.6) is 0 Å². The maximum Gasteiger partial charge on any atom is 0.0203 e. The van der Waals surface area contributed by atoms with Crippen LogP contribution in [0, 0.1) is 0 Å². The fourth-order valence-electron chi connectivity index (χ4n) is 1.20. The summed E-state index contributed by atoms with van der Waals surface area (Å²) in [5, 5.41) is 3.13. The van der Waals surface area contributed by atoms with Gasteiger partial charge in [-0.2, -0.15) is 0 Å². The molecule has 1 nitrogen and oxygen atoms in total. The van der Waals surface area contributed by atoms with Gasteiger partial charge in [0.25, 0.3) is 0 Å². The lowest BCUT2D eigenvalue weighted by molar-refractivity contribution is 0.817. The van der Waals surface area contributed by atoms with Gasteiger partial charge in [-0.25, -0.2) is 0 Å². The molecular formula is C11H14BrN. The van der Waals surface area contributed by atoms with E-state index in [9.17, 15) is 0 Å². The first-order chi connectivity index (χ1) is 6.13. The molecule has 13 heavy (non-hydrogen) atoms. The van der Waals surface area contributed by atoms with Gasteiger partial charge < -0.3 is 5.32 Å². The lowest BCUT2D eigenvalue weighted by atomic mass is 10.1. The molecule has 0 atom stereocenters. The highest BCUT2D eigenvalue weighted by Crippen LogP contribution is 2.20. The number of hydrogen-bond donors (Lipinski definition) is 1. The minimum Gasteiger partial charge on any atom is -0.316 e. The summed E-state index contributed by atoms with van der Waals surface area (Å²) < 4.78 is 1.11. The Kier molecular flexibility index (Phi) is 3.70. The predicted octanol–water partition coefficient (Wildman–Crippen LogP) is 3.20. The van der Waals surface area contributed by atoms with Crippen LogP contribution in [0.15, 0.2) is 29.3 Å². The van der Waals surface area contributed by atoms with E-state index in [1.165, 1.54) is 11.1 Å². The Labute approximate surface area is 88.0 Å². The van der Waals surface area contributed by atoms with Crippen LogP contribution in [-0.2, 0) is 6.54 Å². The van der Waals surface area contributed by atoms with Crippen LogP contribution in [-0.4, -0.2) is 7.05 Å². The molecule has 0 aliphatic heterocycles. The first-order valence-electron chi connectivity index (χ1n) is 4.23. The highest BCUT2D eigenvalue weighted by molar-refractivity contribution is 9.10. The standard InChI is InChI=1S/C11H14BrN/c1-8(2)10-4-9(7-13-3)5-11(12)6-10/h4-6,13H,1,7H2,2-3H3. The van der Waals surface area contributed by atoms with E-state index in [-0.39, 0.29) is 0 Å². The zero-order chi connectivity index (χ0) is 9.84. The summed E-state index contributed by atoms with van der Waals surface area (Å²) in [6, 6.07) is 6.36. The van der Waals surface area contributed by atoms with Crippen LogP contribution >= 0.6 is 15.9 Å². The van der Waals surface area contributed by atoms with Crippen molar-refractivity contribution in [2.24, 2.45) is 0 Å².